The van der Waals surface area contributed by atoms with Crippen LogP contribution in [0.25, 0.3) is 0 Å². The van der Waals surface area contributed by atoms with Gasteiger partial charge in [0.05, 0.1) is 6.10 Å². The molecule has 0 aliphatic heterocycles. The molecule has 0 aromatic rings. The lowest BCUT2D eigenvalue weighted by molar-refractivity contribution is 0.00582. The van der Waals surface area contributed by atoms with E-state index in [1.165, 1.54) is 6.42 Å². The molecule has 2 heteroatoms. The van der Waals surface area contributed by atoms with Crippen LogP contribution < -0.4 is 5.73 Å². The molecule has 2 fully saturated rings. The van der Waals surface area contributed by atoms with Gasteiger partial charge in [0, 0.05) is 11.5 Å². The van der Waals surface area contributed by atoms with E-state index in [-0.39, 0.29) is 23.0 Å². The Balaban J connectivity index is 2.44. The molecule has 0 radical (unpaired) electrons. The molecule has 2 aliphatic rings. The third-order valence-electron chi connectivity index (χ3n) is 4.86. The van der Waals surface area contributed by atoms with Crippen LogP contribution in [0.2, 0.25) is 0 Å². The quantitative estimate of drug-likeness (QED) is 0.571. The van der Waals surface area contributed by atoms with Crippen LogP contribution in [-0.4, -0.2) is 17.3 Å². The second-order valence-corrected chi connectivity index (χ2v) is 5.31. The lowest BCUT2D eigenvalue weighted by Gasteiger charge is -2.36. The first kappa shape index (κ1) is 8.52. The predicted octanol–water partition coefficient (Wildman–Crippen LogP) is 1.13. The second-order valence-electron chi connectivity index (χ2n) is 5.31. The first-order valence-electron chi connectivity index (χ1n) is 4.85. The highest BCUT2D eigenvalue weighted by Crippen LogP contribution is 2.64. The predicted molar refractivity (Wildman–Crippen MR) is 48.6 cm³/mol. The van der Waals surface area contributed by atoms with Crippen LogP contribution in [0.1, 0.15) is 33.6 Å². The minimum absolute atomic E-state index is 0.0127. The molecule has 2 nitrogen and oxygen atoms in total. The van der Waals surface area contributed by atoms with E-state index in [4.69, 9.17) is 5.73 Å². The van der Waals surface area contributed by atoms with E-state index in [2.05, 4.69) is 20.8 Å². The summed E-state index contributed by atoms with van der Waals surface area (Å²) >= 11 is 0. The van der Waals surface area contributed by atoms with E-state index in [9.17, 15) is 5.11 Å². The Bertz CT molecular complexity index is 214. The molecule has 2 rings (SSSR count). The van der Waals surface area contributed by atoms with Crippen molar-refractivity contribution in [3.63, 3.8) is 0 Å². The number of aliphatic hydroxyl groups is 1. The number of hydrogen-bond donors (Lipinski definition) is 2. The van der Waals surface area contributed by atoms with Gasteiger partial charge >= 0.3 is 0 Å². The molecule has 4 atom stereocenters. The minimum Gasteiger partial charge on any atom is -0.391 e. The summed E-state index contributed by atoms with van der Waals surface area (Å²) in [5.41, 5.74) is 6.27. The van der Waals surface area contributed by atoms with Crippen molar-refractivity contribution < 1.29 is 5.11 Å². The van der Waals surface area contributed by atoms with Crippen molar-refractivity contribution in [3.8, 4) is 0 Å². The van der Waals surface area contributed by atoms with Gasteiger partial charge in [0.15, 0.2) is 0 Å². The van der Waals surface area contributed by atoms with Gasteiger partial charge < -0.3 is 10.8 Å². The Morgan fingerprint density at radius 2 is 1.92 bits per heavy atom. The van der Waals surface area contributed by atoms with Crippen LogP contribution in [0.3, 0.4) is 0 Å². The molecule has 0 aromatic heterocycles. The van der Waals surface area contributed by atoms with Crippen LogP contribution in [0.15, 0.2) is 0 Å². The Kier molecular flexibility index (Phi) is 1.45. The highest BCUT2D eigenvalue weighted by molar-refractivity contribution is 5.16. The summed E-state index contributed by atoms with van der Waals surface area (Å²) in [7, 11) is 0. The summed E-state index contributed by atoms with van der Waals surface area (Å²) in [5, 5.41) is 9.96. The van der Waals surface area contributed by atoms with Gasteiger partial charge in [-0.2, -0.15) is 0 Å². The first-order chi connectivity index (χ1) is 5.41. The maximum absolute atomic E-state index is 9.96. The molecule has 1 unspecified atom stereocenters. The van der Waals surface area contributed by atoms with Crippen LogP contribution in [0, 0.1) is 16.7 Å². The van der Waals surface area contributed by atoms with Gasteiger partial charge in [-0.25, -0.2) is 0 Å². The molecule has 12 heavy (non-hydrogen) atoms. The molecule has 3 N–H and O–H groups in total. The monoisotopic (exact) mass is 169 g/mol. The Hall–Kier alpha value is -0.0800. The lowest BCUT2D eigenvalue weighted by atomic mass is 9.70. The SMILES string of the molecule is CC1(C)[C@H]2CC[C@]1(C)C(O)[C@@H]2N. The normalized spacial score (nSPS) is 56.2. The van der Waals surface area contributed by atoms with Crippen LogP contribution in [0.5, 0.6) is 0 Å². The van der Waals surface area contributed by atoms with Gasteiger partial charge in [-0.3, -0.25) is 0 Å². The average Bonchev–Trinajstić information content (AvgIpc) is 2.26. The maximum atomic E-state index is 9.96. The van der Waals surface area contributed by atoms with Crippen molar-refractivity contribution in [2.75, 3.05) is 0 Å². The van der Waals surface area contributed by atoms with Gasteiger partial charge in [-0.15, -0.1) is 0 Å². The molecule has 0 amide bonds. The molecule has 2 bridgehead atoms. The molecule has 0 saturated heterocycles. The minimum atomic E-state index is -0.286. The van der Waals surface area contributed by atoms with Crippen LogP contribution in [-0.2, 0) is 0 Å². The zero-order valence-corrected chi connectivity index (χ0v) is 8.17. The van der Waals surface area contributed by atoms with Crippen molar-refractivity contribution in [2.24, 2.45) is 22.5 Å². The van der Waals surface area contributed by atoms with Gasteiger partial charge in [-0.1, -0.05) is 20.8 Å². The smallest absolute Gasteiger partial charge is 0.0752 e. The van der Waals surface area contributed by atoms with E-state index in [1.54, 1.807) is 0 Å². The van der Waals surface area contributed by atoms with E-state index >= 15 is 0 Å². The number of rotatable bonds is 0. The van der Waals surface area contributed by atoms with Gasteiger partial charge in [0.1, 0.15) is 0 Å². The standard InChI is InChI=1S/C10H19NO/c1-9(2)6-4-5-10(9,3)8(12)7(6)11/h6-8,12H,4-5,11H2,1-3H3/t6-,7+,8?,10+/m0/s1. The molecule has 0 aromatic carbocycles. The van der Waals surface area contributed by atoms with E-state index in [0.29, 0.717) is 5.92 Å². The number of nitrogens with two attached hydrogens (primary N) is 1. The van der Waals surface area contributed by atoms with E-state index in [0.717, 1.165) is 6.42 Å². The third kappa shape index (κ3) is 0.647. The highest BCUT2D eigenvalue weighted by Gasteiger charge is 2.64. The fraction of sp³-hybridized carbons (Fsp3) is 1.00. The fourth-order valence-corrected chi connectivity index (χ4v) is 3.41. The highest BCUT2D eigenvalue weighted by atomic mass is 16.3. The summed E-state index contributed by atoms with van der Waals surface area (Å²) in [4.78, 5) is 0. The molecule has 0 heterocycles. The van der Waals surface area contributed by atoms with Crippen molar-refractivity contribution >= 4 is 0 Å². The van der Waals surface area contributed by atoms with Crippen molar-refractivity contribution in [1.29, 1.82) is 0 Å². The Morgan fingerprint density at radius 3 is 2.17 bits per heavy atom. The largest absolute Gasteiger partial charge is 0.391 e. The van der Waals surface area contributed by atoms with Crippen LogP contribution in [0.4, 0.5) is 0 Å². The van der Waals surface area contributed by atoms with Crippen molar-refractivity contribution in [1.82, 2.24) is 0 Å². The summed E-state index contributed by atoms with van der Waals surface area (Å²) < 4.78 is 0. The summed E-state index contributed by atoms with van der Waals surface area (Å²) in [5.74, 6) is 0.525. The maximum Gasteiger partial charge on any atom is 0.0752 e. The zero-order valence-electron chi connectivity index (χ0n) is 8.17. The van der Waals surface area contributed by atoms with E-state index < -0.39 is 0 Å². The molecule has 0 spiro atoms. The lowest BCUT2D eigenvalue weighted by Crippen LogP contribution is -2.43. The van der Waals surface area contributed by atoms with E-state index in [1.807, 2.05) is 0 Å². The summed E-state index contributed by atoms with van der Waals surface area (Å²) in [6.07, 6.45) is 2.05. The molecule has 2 aliphatic carbocycles. The van der Waals surface area contributed by atoms with Crippen molar-refractivity contribution in [2.45, 2.75) is 45.8 Å². The average molecular weight is 169 g/mol. The summed E-state index contributed by atoms with van der Waals surface area (Å²) in [6.45, 7) is 6.69. The molecule has 2 saturated carbocycles. The van der Waals surface area contributed by atoms with Gasteiger partial charge in [0.25, 0.3) is 0 Å². The fourth-order valence-electron chi connectivity index (χ4n) is 3.41. The third-order valence-corrected chi connectivity index (χ3v) is 4.86. The zero-order chi connectivity index (χ0) is 9.15. The Labute approximate surface area is 74.1 Å². The van der Waals surface area contributed by atoms with Gasteiger partial charge in [0.2, 0.25) is 0 Å². The number of fused-ring (bicyclic) bond motifs is 2. The molecular formula is C10H19NO. The summed E-state index contributed by atoms with van der Waals surface area (Å²) in [6, 6.07) is 0.0127. The second kappa shape index (κ2) is 2.05. The Morgan fingerprint density at radius 1 is 1.33 bits per heavy atom. The number of hydrogen-bond acceptors (Lipinski definition) is 2. The molecular weight excluding hydrogens is 150 g/mol. The van der Waals surface area contributed by atoms with Crippen molar-refractivity contribution in [3.05, 3.63) is 0 Å². The molecule has 70 valence electrons. The first-order valence-corrected chi connectivity index (χ1v) is 4.85. The van der Waals surface area contributed by atoms with Crippen LogP contribution >= 0.6 is 0 Å². The topological polar surface area (TPSA) is 46.2 Å². The van der Waals surface area contributed by atoms with Gasteiger partial charge in [-0.05, 0) is 24.2 Å². The number of aliphatic hydroxyl groups excluding tert-OH is 1.